The van der Waals surface area contributed by atoms with Crippen molar-refractivity contribution < 1.29 is 14.7 Å². The van der Waals surface area contributed by atoms with Crippen LogP contribution in [0.25, 0.3) is 0 Å². The Hall–Kier alpha value is -1.26. The zero-order valence-corrected chi connectivity index (χ0v) is 7.62. The number of carbonyl (C=O) groups excluding carboxylic acids is 1. The van der Waals surface area contributed by atoms with E-state index in [4.69, 9.17) is 5.11 Å². The highest BCUT2D eigenvalue weighted by Gasteiger charge is 2.22. The second-order valence-electron chi connectivity index (χ2n) is 3.24. The number of piperidine rings is 1. The number of hydrogen-bond acceptors (Lipinski definition) is 2. The van der Waals surface area contributed by atoms with Crippen molar-refractivity contribution in [2.75, 3.05) is 13.1 Å². The highest BCUT2D eigenvalue weighted by molar-refractivity contribution is 5.73. The molecular formula is C8H14N2O3. The fourth-order valence-electron chi connectivity index (χ4n) is 1.50. The lowest BCUT2D eigenvalue weighted by atomic mass is 10.1. The Morgan fingerprint density at radius 3 is 2.31 bits per heavy atom. The lowest BCUT2D eigenvalue weighted by molar-refractivity contribution is -0.119. The van der Waals surface area contributed by atoms with Gasteiger partial charge in [-0.05, 0) is 12.8 Å². The van der Waals surface area contributed by atoms with Crippen LogP contribution in [-0.2, 0) is 4.79 Å². The lowest BCUT2D eigenvalue weighted by Crippen LogP contribution is -2.45. The van der Waals surface area contributed by atoms with E-state index >= 15 is 0 Å². The summed E-state index contributed by atoms with van der Waals surface area (Å²) in [7, 11) is 0. The fourth-order valence-corrected chi connectivity index (χ4v) is 1.50. The van der Waals surface area contributed by atoms with Gasteiger partial charge in [0.15, 0.2) is 0 Å². The van der Waals surface area contributed by atoms with E-state index in [2.05, 4.69) is 5.32 Å². The van der Waals surface area contributed by atoms with Crippen LogP contribution in [0, 0.1) is 0 Å². The average molecular weight is 186 g/mol. The molecule has 13 heavy (non-hydrogen) atoms. The van der Waals surface area contributed by atoms with Crippen LogP contribution in [-0.4, -0.2) is 41.1 Å². The summed E-state index contributed by atoms with van der Waals surface area (Å²) in [5.41, 5.74) is 0. The van der Waals surface area contributed by atoms with Gasteiger partial charge in [-0.3, -0.25) is 4.79 Å². The molecular weight excluding hydrogens is 172 g/mol. The standard InChI is InChI=1S/C8H14N2O3/c1-6(11)9-7-2-4-10(5-3-7)8(12)13/h7H,2-5H2,1H3,(H,9,11)(H,12,13). The van der Waals surface area contributed by atoms with Gasteiger partial charge in [0.1, 0.15) is 0 Å². The zero-order chi connectivity index (χ0) is 9.84. The molecule has 0 aromatic rings. The van der Waals surface area contributed by atoms with Gasteiger partial charge in [-0.25, -0.2) is 4.79 Å². The number of hydrogen-bond donors (Lipinski definition) is 2. The first-order chi connectivity index (χ1) is 6.09. The Morgan fingerprint density at radius 1 is 1.38 bits per heavy atom. The maximum absolute atomic E-state index is 10.7. The van der Waals surface area contributed by atoms with E-state index in [1.165, 1.54) is 11.8 Å². The number of nitrogens with one attached hydrogen (secondary N) is 1. The van der Waals surface area contributed by atoms with Gasteiger partial charge in [0.05, 0.1) is 0 Å². The number of rotatable bonds is 1. The van der Waals surface area contributed by atoms with Gasteiger partial charge in [0, 0.05) is 26.1 Å². The summed E-state index contributed by atoms with van der Waals surface area (Å²) >= 11 is 0. The maximum atomic E-state index is 10.7. The van der Waals surface area contributed by atoms with Crippen molar-refractivity contribution in [1.82, 2.24) is 10.2 Å². The summed E-state index contributed by atoms with van der Waals surface area (Å²) in [4.78, 5) is 22.6. The quantitative estimate of drug-likeness (QED) is 0.617. The highest BCUT2D eigenvalue weighted by atomic mass is 16.4. The number of nitrogens with zero attached hydrogens (tertiary/aromatic N) is 1. The van der Waals surface area contributed by atoms with E-state index in [9.17, 15) is 9.59 Å². The first-order valence-electron chi connectivity index (χ1n) is 4.34. The fraction of sp³-hybridized carbons (Fsp3) is 0.750. The number of carboxylic acid groups (broad SMARTS) is 1. The predicted octanol–water partition coefficient (Wildman–Crippen LogP) is 0.265. The molecule has 1 fully saturated rings. The number of carbonyl (C=O) groups is 2. The summed E-state index contributed by atoms with van der Waals surface area (Å²) in [6, 6.07) is 0.146. The van der Waals surface area contributed by atoms with Crippen molar-refractivity contribution >= 4 is 12.0 Å². The summed E-state index contributed by atoms with van der Waals surface area (Å²) in [5.74, 6) is -0.0474. The largest absolute Gasteiger partial charge is 0.465 e. The molecule has 1 aliphatic heterocycles. The monoisotopic (exact) mass is 186 g/mol. The smallest absolute Gasteiger partial charge is 0.407 e. The Kier molecular flexibility index (Phi) is 3.11. The van der Waals surface area contributed by atoms with Crippen molar-refractivity contribution in [3.8, 4) is 0 Å². The first-order valence-corrected chi connectivity index (χ1v) is 4.34. The van der Waals surface area contributed by atoms with Crippen molar-refractivity contribution in [2.45, 2.75) is 25.8 Å². The van der Waals surface area contributed by atoms with Crippen molar-refractivity contribution in [2.24, 2.45) is 0 Å². The van der Waals surface area contributed by atoms with Crippen molar-refractivity contribution in [1.29, 1.82) is 0 Å². The molecule has 1 rings (SSSR count). The molecule has 0 atom stereocenters. The minimum absolute atomic E-state index is 0.0474. The molecule has 5 nitrogen and oxygen atoms in total. The van der Waals surface area contributed by atoms with Gasteiger partial charge in [0.25, 0.3) is 0 Å². The van der Waals surface area contributed by atoms with Gasteiger partial charge in [-0.15, -0.1) is 0 Å². The molecule has 1 heterocycles. The maximum Gasteiger partial charge on any atom is 0.407 e. The average Bonchev–Trinajstić information content (AvgIpc) is 2.04. The summed E-state index contributed by atoms with van der Waals surface area (Å²) in [6.45, 7) is 2.50. The van der Waals surface area contributed by atoms with Gasteiger partial charge in [0.2, 0.25) is 5.91 Å². The molecule has 0 aliphatic carbocycles. The molecule has 0 spiro atoms. The third-order valence-electron chi connectivity index (χ3n) is 2.17. The van der Waals surface area contributed by atoms with Crippen molar-refractivity contribution in [3.05, 3.63) is 0 Å². The topological polar surface area (TPSA) is 69.6 Å². The highest BCUT2D eigenvalue weighted by Crippen LogP contribution is 2.09. The normalized spacial score (nSPS) is 18.4. The van der Waals surface area contributed by atoms with Crippen LogP contribution in [0.3, 0.4) is 0 Å². The second-order valence-corrected chi connectivity index (χ2v) is 3.24. The number of amides is 2. The van der Waals surface area contributed by atoms with Crippen LogP contribution in [0.1, 0.15) is 19.8 Å². The van der Waals surface area contributed by atoms with Crippen LogP contribution in [0.2, 0.25) is 0 Å². The number of likely N-dealkylation sites (tertiary alicyclic amines) is 1. The molecule has 0 radical (unpaired) electrons. The van der Waals surface area contributed by atoms with Crippen molar-refractivity contribution in [3.63, 3.8) is 0 Å². The molecule has 0 saturated carbocycles. The summed E-state index contributed by atoms with van der Waals surface area (Å²) in [5, 5.41) is 11.4. The van der Waals surface area contributed by atoms with Gasteiger partial charge in [-0.1, -0.05) is 0 Å². The van der Waals surface area contributed by atoms with E-state index in [0.717, 1.165) is 0 Å². The predicted molar refractivity (Wildman–Crippen MR) is 46.4 cm³/mol. The first kappa shape index (κ1) is 9.83. The van der Waals surface area contributed by atoms with E-state index in [0.29, 0.717) is 25.9 Å². The van der Waals surface area contributed by atoms with E-state index in [1.807, 2.05) is 0 Å². The molecule has 74 valence electrons. The minimum Gasteiger partial charge on any atom is -0.465 e. The molecule has 2 N–H and O–H groups in total. The molecule has 1 saturated heterocycles. The van der Waals surface area contributed by atoms with Gasteiger partial charge < -0.3 is 15.3 Å². The second kappa shape index (κ2) is 4.11. The molecule has 0 aromatic carbocycles. The summed E-state index contributed by atoms with van der Waals surface area (Å²) < 4.78 is 0. The van der Waals surface area contributed by atoms with Crippen LogP contribution >= 0.6 is 0 Å². The molecule has 0 aromatic heterocycles. The minimum atomic E-state index is -0.874. The third-order valence-corrected chi connectivity index (χ3v) is 2.17. The molecule has 2 amide bonds. The Morgan fingerprint density at radius 2 is 1.92 bits per heavy atom. The van der Waals surface area contributed by atoms with Gasteiger partial charge in [-0.2, -0.15) is 0 Å². The van der Waals surface area contributed by atoms with Gasteiger partial charge >= 0.3 is 6.09 Å². The van der Waals surface area contributed by atoms with Crippen LogP contribution in [0.5, 0.6) is 0 Å². The zero-order valence-electron chi connectivity index (χ0n) is 7.62. The molecule has 1 aliphatic rings. The van der Waals surface area contributed by atoms with Crippen LogP contribution in [0.15, 0.2) is 0 Å². The molecule has 5 heteroatoms. The van der Waals surface area contributed by atoms with Crippen LogP contribution < -0.4 is 5.32 Å². The van der Waals surface area contributed by atoms with Crippen LogP contribution in [0.4, 0.5) is 4.79 Å². The Bertz CT molecular complexity index is 209. The Labute approximate surface area is 76.7 Å². The van der Waals surface area contributed by atoms with E-state index in [-0.39, 0.29) is 11.9 Å². The van der Waals surface area contributed by atoms with E-state index in [1.54, 1.807) is 0 Å². The molecule has 0 unspecified atom stereocenters. The SMILES string of the molecule is CC(=O)NC1CCN(C(=O)O)CC1. The third kappa shape index (κ3) is 2.93. The van der Waals surface area contributed by atoms with E-state index < -0.39 is 6.09 Å². The Balaban J connectivity index is 2.30. The summed E-state index contributed by atoms with van der Waals surface area (Å²) in [6.07, 6.45) is 0.555. The lowest BCUT2D eigenvalue weighted by Gasteiger charge is -2.30. The molecule has 0 bridgehead atoms.